The normalized spacial score (nSPS) is 10.3. The Morgan fingerprint density at radius 3 is 3.00 bits per heavy atom. The number of rotatable bonds is 4. The lowest BCUT2D eigenvalue weighted by atomic mass is 10.3. The van der Waals surface area contributed by atoms with Crippen molar-refractivity contribution in [2.24, 2.45) is 0 Å². The van der Waals surface area contributed by atoms with Gasteiger partial charge in [-0.25, -0.2) is 4.98 Å². The van der Waals surface area contributed by atoms with E-state index >= 15 is 0 Å². The van der Waals surface area contributed by atoms with Crippen molar-refractivity contribution < 1.29 is 4.74 Å². The first kappa shape index (κ1) is 12.7. The molecule has 1 heterocycles. The lowest BCUT2D eigenvalue weighted by Crippen LogP contribution is -2.01. The van der Waals surface area contributed by atoms with Gasteiger partial charge in [0.05, 0.1) is 23.8 Å². The lowest BCUT2D eigenvalue weighted by molar-refractivity contribution is 0.414. The third kappa shape index (κ3) is 3.12. The highest BCUT2D eigenvalue weighted by atomic mass is 79.9. The average molecular weight is 334 g/mol. The van der Waals surface area contributed by atoms with Crippen LogP contribution in [0.5, 0.6) is 5.75 Å². The summed E-state index contributed by atoms with van der Waals surface area (Å²) >= 11 is 11.0. The Bertz CT molecular complexity index is 504. The maximum absolute atomic E-state index is 6.00. The van der Waals surface area contributed by atoms with Crippen LogP contribution in [0.1, 0.15) is 5.01 Å². The molecule has 17 heavy (non-hydrogen) atoms. The molecule has 90 valence electrons. The molecule has 0 aliphatic rings. The van der Waals surface area contributed by atoms with Gasteiger partial charge in [-0.2, -0.15) is 0 Å². The van der Waals surface area contributed by atoms with Crippen LogP contribution in [-0.2, 0) is 6.54 Å². The quantitative estimate of drug-likeness (QED) is 0.911. The third-order valence-electron chi connectivity index (χ3n) is 2.13. The van der Waals surface area contributed by atoms with Crippen molar-refractivity contribution in [1.29, 1.82) is 0 Å². The summed E-state index contributed by atoms with van der Waals surface area (Å²) in [6.45, 7) is 0.654. The van der Waals surface area contributed by atoms with E-state index in [4.69, 9.17) is 16.3 Å². The van der Waals surface area contributed by atoms with E-state index < -0.39 is 0 Å². The van der Waals surface area contributed by atoms with E-state index in [0.29, 0.717) is 11.6 Å². The molecule has 0 saturated carbocycles. The number of halogens is 2. The number of ether oxygens (including phenoxy) is 1. The summed E-state index contributed by atoms with van der Waals surface area (Å²) in [6, 6.07) is 3.63. The largest absolute Gasteiger partial charge is 0.493 e. The number of aromatic nitrogens is 1. The van der Waals surface area contributed by atoms with Crippen molar-refractivity contribution in [3.8, 4) is 5.75 Å². The second kappa shape index (κ2) is 5.71. The zero-order valence-corrected chi connectivity index (χ0v) is 12.2. The highest BCUT2D eigenvalue weighted by Gasteiger charge is 2.09. The Labute approximate surface area is 117 Å². The van der Waals surface area contributed by atoms with Crippen molar-refractivity contribution >= 4 is 44.6 Å². The fourth-order valence-corrected chi connectivity index (χ4v) is 2.94. The summed E-state index contributed by atoms with van der Waals surface area (Å²) in [5, 5.41) is 6.87. The summed E-state index contributed by atoms with van der Waals surface area (Å²) in [5.41, 5.74) is 0.849. The van der Waals surface area contributed by atoms with Gasteiger partial charge in [-0.15, -0.1) is 11.3 Å². The molecule has 0 aliphatic heterocycles. The third-order valence-corrected chi connectivity index (χ3v) is 3.71. The number of nitrogens with zero attached hydrogens (tertiary/aromatic N) is 1. The highest BCUT2D eigenvalue weighted by Crippen LogP contribution is 2.36. The zero-order valence-electron chi connectivity index (χ0n) is 9.04. The molecule has 0 bridgehead atoms. The molecular weight excluding hydrogens is 324 g/mol. The summed E-state index contributed by atoms with van der Waals surface area (Å²) in [7, 11) is 1.63. The minimum Gasteiger partial charge on any atom is -0.493 e. The predicted molar refractivity (Wildman–Crippen MR) is 75.1 cm³/mol. The van der Waals surface area contributed by atoms with Crippen LogP contribution in [0.25, 0.3) is 0 Å². The molecule has 0 saturated heterocycles. The minimum absolute atomic E-state index is 0.652. The summed E-state index contributed by atoms with van der Waals surface area (Å²) < 4.78 is 6.14. The van der Waals surface area contributed by atoms with Gasteiger partial charge in [0, 0.05) is 16.6 Å². The first-order valence-corrected chi connectivity index (χ1v) is 6.91. The van der Waals surface area contributed by atoms with E-state index in [9.17, 15) is 0 Å². The monoisotopic (exact) mass is 332 g/mol. The molecule has 0 radical (unpaired) electrons. The SMILES string of the molecule is COc1c(Br)cc(Cl)cc1NCc1nccs1. The first-order valence-electron chi connectivity index (χ1n) is 4.86. The van der Waals surface area contributed by atoms with Crippen molar-refractivity contribution in [3.05, 3.63) is 38.2 Å². The van der Waals surface area contributed by atoms with Crippen LogP contribution in [0.3, 0.4) is 0 Å². The second-order valence-corrected chi connectivity index (χ2v) is 5.52. The fourth-order valence-electron chi connectivity index (χ4n) is 1.41. The van der Waals surface area contributed by atoms with Crippen molar-refractivity contribution in [3.63, 3.8) is 0 Å². The van der Waals surface area contributed by atoms with Gasteiger partial charge in [0.25, 0.3) is 0 Å². The summed E-state index contributed by atoms with van der Waals surface area (Å²) in [4.78, 5) is 4.20. The number of methoxy groups -OCH3 is 1. The molecule has 0 amide bonds. The van der Waals surface area contributed by atoms with Crippen molar-refractivity contribution in [2.45, 2.75) is 6.54 Å². The van der Waals surface area contributed by atoms with Gasteiger partial charge in [-0.05, 0) is 28.1 Å². The van der Waals surface area contributed by atoms with E-state index in [1.165, 1.54) is 0 Å². The van der Waals surface area contributed by atoms with Gasteiger partial charge in [0.2, 0.25) is 0 Å². The van der Waals surface area contributed by atoms with Gasteiger partial charge in [0.15, 0.2) is 5.75 Å². The van der Waals surface area contributed by atoms with E-state index in [1.807, 2.05) is 11.4 Å². The molecule has 1 N–H and O–H groups in total. The van der Waals surface area contributed by atoms with Gasteiger partial charge in [-0.1, -0.05) is 11.6 Å². The number of nitrogens with one attached hydrogen (secondary N) is 1. The Balaban J connectivity index is 2.19. The average Bonchev–Trinajstić information content (AvgIpc) is 2.78. The summed E-state index contributed by atoms with van der Waals surface area (Å²) in [6.07, 6.45) is 1.78. The van der Waals surface area contributed by atoms with Gasteiger partial charge < -0.3 is 10.1 Å². The number of hydrogen-bond donors (Lipinski definition) is 1. The lowest BCUT2D eigenvalue weighted by Gasteiger charge is -2.12. The second-order valence-electron chi connectivity index (χ2n) is 3.25. The Morgan fingerprint density at radius 1 is 1.53 bits per heavy atom. The molecule has 1 aromatic carbocycles. The van der Waals surface area contributed by atoms with Crippen LogP contribution in [0, 0.1) is 0 Å². The minimum atomic E-state index is 0.652. The molecule has 0 spiro atoms. The van der Waals surface area contributed by atoms with E-state index in [2.05, 4.69) is 26.2 Å². The first-order chi connectivity index (χ1) is 8.20. The molecule has 0 fully saturated rings. The van der Waals surface area contributed by atoms with Crippen LogP contribution in [0.4, 0.5) is 5.69 Å². The molecule has 0 atom stereocenters. The Hall–Kier alpha value is -0.780. The van der Waals surface area contributed by atoms with Crippen LogP contribution >= 0.6 is 38.9 Å². The predicted octanol–water partition coefficient (Wildman–Crippen LogP) is 4.18. The van der Waals surface area contributed by atoms with E-state index in [1.54, 1.807) is 30.7 Å². The van der Waals surface area contributed by atoms with Crippen LogP contribution < -0.4 is 10.1 Å². The van der Waals surface area contributed by atoms with Crippen molar-refractivity contribution in [2.75, 3.05) is 12.4 Å². The topological polar surface area (TPSA) is 34.1 Å². The van der Waals surface area contributed by atoms with Crippen LogP contribution in [0.15, 0.2) is 28.2 Å². The number of hydrogen-bond acceptors (Lipinski definition) is 4. The fraction of sp³-hybridized carbons (Fsp3) is 0.182. The van der Waals surface area contributed by atoms with Gasteiger partial charge in [0.1, 0.15) is 5.01 Å². The summed E-state index contributed by atoms with van der Waals surface area (Å²) in [5.74, 6) is 0.742. The van der Waals surface area contributed by atoms with E-state index in [-0.39, 0.29) is 0 Å². The maximum Gasteiger partial charge on any atom is 0.156 e. The number of thiazole rings is 1. The standard InChI is InChI=1S/C11H10BrClN2OS/c1-16-11-8(12)4-7(13)5-9(11)15-6-10-14-2-3-17-10/h2-5,15H,6H2,1H3. The zero-order chi connectivity index (χ0) is 12.3. The van der Waals surface area contributed by atoms with Crippen LogP contribution in [-0.4, -0.2) is 12.1 Å². The number of benzene rings is 1. The molecule has 0 unspecified atom stereocenters. The van der Waals surface area contributed by atoms with Gasteiger partial charge in [-0.3, -0.25) is 0 Å². The Morgan fingerprint density at radius 2 is 2.35 bits per heavy atom. The van der Waals surface area contributed by atoms with Crippen molar-refractivity contribution in [1.82, 2.24) is 4.98 Å². The van der Waals surface area contributed by atoms with E-state index in [0.717, 1.165) is 20.9 Å². The maximum atomic E-state index is 6.00. The smallest absolute Gasteiger partial charge is 0.156 e. The Kier molecular flexibility index (Phi) is 4.25. The molecular formula is C11H10BrClN2OS. The van der Waals surface area contributed by atoms with Gasteiger partial charge >= 0.3 is 0 Å². The number of anilines is 1. The van der Waals surface area contributed by atoms with Crippen LogP contribution in [0.2, 0.25) is 5.02 Å². The molecule has 2 aromatic rings. The molecule has 6 heteroatoms. The molecule has 1 aromatic heterocycles. The molecule has 2 rings (SSSR count). The molecule has 0 aliphatic carbocycles. The highest BCUT2D eigenvalue weighted by molar-refractivity contribution is 9.10. The molecule has 3 nitrogen and oxygen atoms in total.